The van der Waals surface area contributed by atoms with E-state index < -0.39 is 0 Å². The van der Waals surface area contributed by atoms with Crippen LogP contribution in [0.1, 0.15) is 11.1 Å². The summed E-state index contributed by atoms with van der Waals surface area (Å²) < 4.78 is 6.59. The fourth-order valence-electron chi connectivity index (χ4n) is 4.69. The SMILES string of the molecule is C1=CCc2c(-c3ccc(-c4ccccc4)cc3)oc(-c3ccc(-c4ccccc4)cc3)c2C1. The molecule has 1 heteroatoms. The summed E-state index contributed by atoms with van der Waals surface area (Å²) in [6, 6.07) is 38.5. The lowest BCUT2D eigenvalue weighted by Gasteiger charge is -2.08. The molecule has 1 heterocycles. The first kappa shape index (κ1) is 19.6. The van der Waals surface area contributed by atoms with Crippen molar-refractivity contribution >= 4 is 0 Å². The first-order valence-corrected chi connectivity index (χ1v) is 11.5. The minimum Gasteiger partial charge on any atom is -0.455 e. The van der Waals surface area contributed by atoms with Gasteiger partial charge >= 0.3 is 0 Å². The fraction of sp³-hybridized carbons (Fsp3) is 0.0625. The van der Waals surface area contributed by atoms with E-state index in [0.29, 0.717) is 0 Å². The van der Waals surface area contributed by atoms with Gasteiger partial charge in [0.15, 0.2) is 0 Å². The highest BCUT2D eigenvalue weighted by molar-refractivity contribution is 5.77. The molecule has 1 aromatic heterocycles. The van der Waals surface area contributed by atoms with Crippen molar-refractivity contribution in [2.24, 2.45) is 0 Å². The van der Waals surface area contributed by atoms with Crippen molar-refractivity contribution in [1.29, 1.82) is 0 Å². The summed E-state index contributed by atoms with van der Waals surface area (Å²) in [6.07, 6.45) is 6.33. The number of hydrogen-bond donors (Lipinski definition) is 0. The molecule has 0 saturated heterocycles. The van der Waals surface area contributed by atoms with Crippen LogP contribution in [0.15, 0.2) is 126 Å². The molecule has 0 unspecified atom stereocenters. The topological polar surface area (TPSA) is 13.1 Å². The molecule has 0 radical (unpaired) electrons. The van der Waals surface area contributed by atoms with Crippen LogP contribution in [0.25, 0.3) is 44.9 Å². The predicted molar refractivity (Wildman–Crippen MR) is 137 cm³/mol. The first-order valence-electron chi connectivity index (χ1n) is 11.5. The van der Waals surface area contributed by atoms with Gasteiger partial charge in [-0.15, -0.1) is 0 Å². The van der Waals surface area contributed by atoms with Gasteiger partial charge in [0, 0.05) is 22.3 Å². The lowest BCUT2D eigenvalue weighted by Crippen LogP contribution is -1.96. The Morgan fingerprint density at radius 1 is 0.364 bits per heavy atom. The van der Waals surface area contributed by atoms with Gasteiger partial charge in [-0.1, -0.05) is 121 Å². The van der Waals surface area contributed by atoms with Crippen LogP contribution in [0.4, 0.5) is 0 Å². The molecule has 4 aromatic carbocycles. The maximum absolute atomic E-state index is 6.59. The molecule has 0 fully saturated rings. The second-order valence-electron chi connectivity index (χ2n) is 8.48. The zero-order valence-corrected chi connectivity index (χ0v) is 18.4. The van der Waals surface area contributed by atoms with Gasteiger partial charge in [-0.05, 0) is 35.1 Å². The molecule has 1 aliphatic carbocycles. The van der Waals surface area contributed by atoms with Crippen molar-refractivity contribution in [3.63, 3.8) is 0 Å². The van der Waals surface area contributed by atoms with E-state index in [0.717, 1.165) is 35.5 Å². The van der Waals surface area contributed by atoms with Gasteiger partial charge in [-0.25, -0.2) is 0 Å². The van der Waals surface area contributed by atoms with E-state index in [4.69, 9.17) is 4.42 Å². The maximum atomic E-state index is 6.59. The van der Waals surface area contributed by atoms with E-state index in [2.05, 4.69) is 121 Å². The number of hydrogen-bond acceptors (Lipinski definition) is 1. The summed E-state index contributed by atoms with van der Waals surface area (Å²) in [5, 5.41) is 0. The van der Waals surface area contributed by atoms with Gasteiger partial charge in [-0.3, -0.25) is 0 Å². The predicted octanol–water partition coefficient (Wildman–Crippen LogP) is 8.60. The number of furan rings is 1. The number of rotatable bonds is 4. The van der Waals surface area contributed by atoms with Crippen molar-refractivity contribution in [2.45, 2.75) is 12.8 Å². The second kappa shape index (κ2) is 8.44. The normalized spacial score (nSPS) is 12.5. The Hall–Kier alpha value is -4.10. The third-order valence-corrected chi connectivity index (χ3v) is 6.44. The Morgan fingerprint density at radius 2 is 0.697 bits per heavy atom. The van der Waals surface area contributed by atoms with Crippen molar-refractivity contribution in [1.82, 2.24) is 0 Å². The number of benzene rings is 4. The van der Waals surface area contributed by atoms with E-state index in [1.54, 1.807) is 0 Å². The van der Waals surface area contributed by atoms with Gasteiger partial charge in [0.1, 0.15) is 11.5 Å². The van der Waals surface area contributed by atoms with Crippen molar-refractivity contribution in [2.75, 3.05) is 0 Å². The molecule has 0 atom stereocenters. The van der Waals surface area contributed by atoms with Gasteiger partial charge in [0.2, 0.25) is 0 Å². The molecule has 1 aliphatic rings. The van der Waals surface area contributed by atoms with Crippen molar-refractivity contribution in [3.05, 3.63) is 132 Å². The Bertz CT molecular complexity index is 1290. The van der Waals surface area contributed by atoms with Crippen molar-refractivity contribution in [3.8, 4) is 44.9 Å². The summed E-state index contributed by atoms with van der Waals surface area (Å²) in [6.45, 7) is 0. The molecule has 0 saturated carbocycles. The molecule has 158 valence electrons. The molecule has 0 amide bonds. The van der Waals surface area contributed by atoms with Crippen molar-refractivity contribution < 1.29 is 4.42 Å². The Balaban J connectivity index is 1.38. The van der Waals surface area contributed by atoms with Crippen LogP contribution in [0.3, 0.4) is 0 Å². The molecule has 1 nitrogen and oxygen atoms in total. The van der Waals surface area contributed by atoms with Gasteiger partial charge in [0.05, 0.1) is 0 Å². The van der Waals surface area contributed by atoms with E-state index >= 15 is 0 Å². The van der Waals surface area contributed by atoms with Gasteiger partial charge < -0.3 is 4.42 Å². The van der Waals surface area contributed by atoms with Crippen LogP contribution in [-0.2, 0) is 12.8 Å². The van der Waals surface area contributed by atoms with E-state index in [9.17, 15) is 0 Å². The molecular formula is C32H24O. The standard InChI is InChI=1S/C32H24O/c1-3-9-23(10-4-1)25-15-19-27(20-16-25)31-29-13-7-8-14-30(29)32(33-31)28-21-17-26(18-22-28)24-11-5-2-6-12-24/h1-12,15-22H,13-14H2. The average molecular weight is 425 g/mol. The van der Waals surface area contributed by atoms with Crippen LogP contribution >= 0.6 is 0 Å². The molecule has 5 aromatic rings. The van der Waals surface area contributed by atoms with E-state index in [1.165, 1.54) is 33.4 Å². The van der Waals surface area contributed by atoms with E-state index in [-0.39, 0.29) is 0 Å². The minimum atomic E-state index is 0.913. The highest BCUT2D eigenvalue weighted by atomic mass is 16.3. The van der Waals surface area contributed by atoms with Gasteiger partial charge in [-0.2, -0.15) is 0 Å². The smallest absolute Gasteiger partial charge is 0.138 e. The van der Waals surface area contributed by atoms with E-state index in [1.807, 2.05) is 0 Å². The summed E-state index contributed by atoms with van der Waals surface area (Å²) >= 11 is 0. The monoisotopic (exact) mass is 424 g/mol. The average Bonchev–Trinajstić information content (AvgIpc) is 3.30. The zero-order chi connectivity index (χ0) is 22.0. The zero-order valence-electron chi connectivity index (χ0n) is 18.4. The van der Waals surface area contributed by atoms with Crippen LogP contribution in [-0.4, -0.2) is 0 Å². The minimum absolute atomic E-state index is 0.913. The highest BCUT2D eigenvalue weighted by Gasteiger charge is 2.22. The van der Waals surface area contributed by atoms with Crippen LogP contribution in [0.5, 0.6) is 0 Å². The summed E-state index contributed by atoms with van der Waals surface area (Å²) in [4.78, 5) is 0. The quantitative estimate of drug-likeness (QED) is 0.263. The third-order valence-electron chi connectivity index (χ3n) is 6.44. The second-order valence-corrected chi connectivity index (χ2v) is 8.48. The number of allylic oxidation sites excluding steroid dienone is 2. The molecule has 0 aliphatic heterocycles. The molecule has 6 rings (SSSR count). The number of fused-ring (bicyclic) bond motifs is 1. The van der Waals surface area contributed by atoms with Crippen LogP contribution < -0.4 is 0 Å². The highest BCUT2D eigenvalue weighted by Crippen LogP contribution is 2.40. The maximum Gasteiger partial charge on any atom is 0.138 e. The largest absolute Gasteiger partial charge is 0.455 e. The fourth-order valence-corrected chi connectivity index (χ4v) is 4.69. The molecular weight excluding hydrogens is 400 g/mol. The molecule has 0 N–H and O–H groups in total. The third kappa shape index (κ3) is 3.72. The molecule has 0 spiro atoms. The van der Waals surface area contributed by atoms with Crippen LogP contribution in [0.2, 0.25) is 0 Å². The summed E-state index contributed by atoms with van der Waals surface area (Å²) in [7, 11) is 0. The molecule has 33 heavy (non-hydrogen) atoms. The lowest BCUT2D eigenvalue weighted by molar-refractivity contribution is 0.593. The summed E-state index contributed by atoms with van der Waals surface area (Å²) in [5.41, 5.74) is 9.79. The lowest BCUT2D eigenvalue weighted by atomic mass is 9.92. The summed E-state index contributed by atoms with van der Waals surface area (Å²) in [5.74, 6) is 1.99. The van der Waals surface area contributed by atoms with Crippen LogP contribution in [0, 0.1) is 0 Å². The Kier molecular flexibility index (Phi) is 5.01. The first-order chi connectivity index (χ1) is 16.4. The Morgan fingerprint density at radius 3 is 1.09 bits per heavy atom. The molecule has 0 bridgehead atoms. The Labute approximate surface area is 194 Å². The van der Waals surface area contributed by atoms with Gasteiger partial charge in [0.25, 0.3) is 0 Å².